The second-order valence-corrected chi connectivity index (χ2v) is 28.4. The predicted molar refractivity (Wildman–Crippen MR) is 401 cm³/mol. The van der Waals surface area contributed by atoms with Crippen molar-refractivity contribution in [2.75, 3.05) is 47.5 Å². The van der Waals surface area contributed by atoms with Gasteiger partial charge in [0.15, 0.2) is 6.10 Å². The summed E-state index contributed by atoms with van der Waals surface area (Å²) in [5.41, 5.74) is 0. The maximum atomic E-state index is 13.0. The molecular formula is C84H154NO8+. The fourth-order valence-electron chi connectivity index (χ4n) is 11.9. The maximum absolute atomic E-state index is 13.0. The SMILES string of the molecule is CC/C=C\C/C=C\C/C=C\C/C=C\C/C=C\C/C=C\CCCCCCCCCCCCCCCCCCCCCCC(=O)OC(COC(=O)CCCCCCCCCCCCCCCCCCCCCCCCCCCCCCC)COC(OCC[N+](C)(C)C)C(=O)O. The van der Waals surface area contributed by atoms with Gasteiger partial charge in [-0.25, -0.2) is 4.79 Å². The molecule has 9 heteroatoms. The molecule has 0 radical (unpaired) electrons. The fraction of sp³-hybridized carbons (Fsp3) is 0.821. The minimum Gasteiger partial charge on any atom is -0.477 e. The molecule has 0 aromatic heterocycles. The van der Waals surface area contributed by atoms with Gasteiger partial charge >= 0.3 is 17.9 Å². The predicted octanol–water partition coefficient (Wildman–Crippen LogP) is 25.6. The Morgan fingerprint density at radius 1 is 0.333 bits per heavy atom. The van der Waals surface area contributed by atoms with Gasteiger partial charge in [0.05, 0.1) is 34.4 Å². The molecule has 542 valence electrons. The number of likely N-dealkylation sites (N-methyl/N-ethyl adjacent to an activating group) is 1. The van der Waals surface area contributed by atoms with Crippen LogP contribution in [0.2, 0.25) is 0 Å². The quantitative estimate of drug-likeness (QED) is 0.0211. The number of rotatable bonds is 75. The third-order valence-electron chi connectivity index (χ3n) is 18.0. The van der Waals surface area contributed by atoms with Gasteiger partial charge in [0.2, 0.25) is 0 Å². The highest BCUT2D eigenvalue weighted by Crippen LogP contribution is 2.20. The van der Waals surface area contributed by atoms with Crippen molar-refractivity contribution in [3.8, 4) is 0 Å². The molecule has 1 N–H and O–H groups in total. The zero-order chi connectivity index (χ0) is 67.5. The molecule has 0 aromatic carbocycles. The fourth-order valence-corrected chi connectivity index (χ4v) is 11.9. The van der Waals surface area contributed by atoms with Crippen LogP contribution < -0.4 is 0 Å². The van der Waals surface area contributed by atoms with E-state index in [1.807, 2.05) is 21.1 Å². The van der Waals surface area contributed by atoms with Gasteiger partial charge in [-0.3, -0.25) is 9.59 Å². The van der Waals surface area contributed by atoms with Crippen LogP contribution in [0.3, 0.4) is 0 Å². The molecule has 0 rings (SSSR count). The largest absolute Gasteiger partial charge is 0.477 e. The first-order valence-corrected chi connectivity index (χ1v) is 40.1. The summed E-state index contributed by atoms with van der Waals surface area (Å²) >= 11 is 0. The van der Waals surface area contributed by atoms with Crippen LogP contribution in [0.5, 0.6) is 0 Å². The maximum Gasteiger partial charge on any atom is 0.361 e. The number of carbonyl (C=O) groups excluding carboxylic acids is 2. The molecule has 0 amide bonds. The zero-order valence-corrected chi connectivity index (χ0v) is 62.2. The average molecular weight is 1310 g/mol. The van der Waals surface area contributed by atoms with Gasteiger partial charge in [-0.05, 0) is 64.2 Å². The Bertz CT molecular complexity index is 1760. The van der Waals surface area contributed by atoms with Crippen molar-refractivity contribution in [3.05, 3.63) is 72.9 Å². The molecule has 93 heavy (non-hydrogen) atoms. The van der Waals surface area contributed by atoms with E-state index in [-0.39, 0.29) is 38.2 Å². The molecule has 0 fully saturated rings. The molecule has 0 saturated heterocycles. The van der Waals surface area contributed by atoms with Gasteiger partial charge in [-0.2, -0.15) is 0 Å². The van der Waals surface area contributed by atoms with E-state index in [1.165, 1.54) is 283 Å². The van der Waals surface area contributed by atoms with E-state index in [1.54, 1.807) is 0 Å². The molecule has 9 nitrogen and oxygen atoms in total. The molecule has 0 heterocycles. The van der Waals surface area contributed by atoms with Crippen LogP contribution in [0.1, 0.15) is 386 Å². The molecule has 0 aliphatic heterocycles. The number of esters is 2. The molecule has 2 atom stereocenters. The first-order chi connectivity index (χ1) is 45.6. The van der Waals surface area contributed by atoms with Crippen LogP contribution in [0.4, 0.5) is 0 Å². The van der Waals surface area contributed by atoms with Crippen molar-refractivity contribution >= 4 is 17.9 Å². The summed E-state index contributed by atoms with van der Waals surface area (Å²) < 4.78 is 23.1. The van der Waals surface area contributed by atoms with Crippen molar-refractivity contribution in [1.82, 2.24) is 0 Å². The van der Waals surface area contributed by atoms with Gasteiger partial charge in [0.25, 0.3) is 6.29 Å². The van der Waals surface area contributed by atoms with E-state index in [4.69, 9.17) is 18.9 Å². The highest BCUT2D eigenvalue weighted by molar-refractivity contribution is 5.71. The Morgan fingerprint density at radius 2 is 0.613 bits per heavy atom. The van der Waals surface area contributed by atoms with Crippen LogP contribution in [0, 0.1) is 0 Å². The van der Waals surface area contributed by atoms with Crippen LogP contribution in [-0.2, 0) is 33.3 Å². The summed E-state index contributed by atoms with van der Waals surface area (Å²) in [5, 5.41) is 9.77. The monoisotopic (exact) mass is 1310 g/mol. The summed E-state index contributed by atoms with van der Waals surface area (Å²) in [6, 6.07) is 0. The highest BCUT2D eigenvalue weighted by atomic mass is 16.7. The zero-order valence-electron chi connectivity index (χ0n) is 62.2. The smallest absolute Gasteiger partial charge is 0.361 e. The number of hydrogen-bond donors (Lipinski definition) is 1. The van der Waals surface area contributed by atoms with Crippen LogP contribution in [0.15, 0.2) is 72.9 Å². The number of carboxylic acid groups (broad SMARTS) is 1. The van der Waals surface area contributed by atoms with Crippen molar-refractivity contribution in [2.24, 2.45) is 0 Å². The number of nitrogens with zero attached hydrogens (tertiary/aromatic N) is 1. The minimum absolute atomic E-state index is 0.177. The van der Waals surface area contributed by atoms with Crippen LogP contribution in [0.25, 0.3) is 0 Å². The number of unbranched alkanes of at least 4 members (excludes halogenated alkanes) is 48. The summed E-state index contributed by atoms with van der Waals surface area (Å²) in [6.45, 7) is 4.83. The molecule has 0 saturated carbocycles. The Labute approximate surface area is 577 Å². The average Bonchev–Trinajstić information content (AvgIpc) is 3.38. The highest BCUT2D eigenvalue weighted by Gasteiger charge is 2.25. The van der Waals surface area contributed by atoms with Crippen molar-refractivity contribution in [1.29, 1.82) is 0 Å². The van der Waals surface area contributed by atoms with Crippen molar-refractivity contribution < 1.29 is 42.9 Å². The van der Waals surface area contributed by atoms with Gasteiger partial charge in [0.1, 0.15) is 13.2 Å². The lowest BCUT2D eigenvalue weighted by Gasteiger charge is -2.25. The third-order valence-corrected chi connectivity index (χ3v) is 18.0. The number of quaternary nitrogens is 1. The Balaban J connectivity index is 3.98. The van der Waals surface area contributed by atoms with Crippen LogP contribution in [-0.4, -0.2) is 87.4 Å². The topological polar surface area (TPSA) is 108 Å². The summed E-state index contributed by atoms with van der Waals surface area (Å²) in [5.74, 6) is -1.97. The van der Waals surface area contributed by atoms with Crippen LogP contribution >= 0.6 is 0 Å². The van der Waals surface area contributed by atoms with Crippen molar-refractivity contribution in [2.45, 2.75) is 399 Å². The normalized spacial score (nSPS) is 13.0. The lowest BCUT2D eigenvalue weighted by Crippen LogP contribution is -2.40. The standard InChI is InChI=1S/C84H153NO8/c1-6-8-10-12-14-16-18-20-22-24-26-28-30-32-34-36-37-38-39-40-41-42-43-44-45-47-49-51-53-55-57-59-61-63-65-67-69-71-73-75-82(87)93-80(79-92-84(83(88)89)90-77-76-85(3,4)5)78-91-81(86)74-72-70-68-66-64-62-60-58-56-54-52-50-48-46-35-33-31-29-27-25-23-21-19-17-15-13-11-9-7-2/h8,10,14,16,20,22,26,28,32,34,37-38,80,84H,6-7,9,11-13,15,17-19,21,23-25,27,29-31,33,35-36,39-79H2,1-5H3/p+1/b10-8-,16-14-,22-20-,28-26-,34-32-,38-37-. The molecule has 0 aliphatic carbocycles. The van der Waals surface area contributed by atoms with E-state index in [2.05, 4.69) is 86.8 Å². The number of allylic oxidation sites excluding steroid dienone is 12. The van der Waals surface area contributed by atoms with Gasteiger partial charge < -0.3 is 28.5 Å². The van der Waals surface area contributed by atoms with Gasteiger partial charge in [0, 0.05) is 12.8 Å². The molecule has 0 aromatic rings. The number of hydrogen-bond acceptors (Lipinski definition) is 7. The van der Waals surface area contributed by atoms with E-state index in [0.717, 1.165) is 77.0 Å². The Kier molecular flexibility index (Phi) is 71.9. The summed E-state index contributed by atoms with van der Waals surface area (Å²) in [6.07, 6.45) is 97.7. The third kappa shape index (κ3) is 76.0. The number of carbonyl (C=O) groups is 3. The van der Waals surface area contributed by atoms with Crippen molar-refractivity contribution in [3.63, 3.8) is 0 Å². The molecular weight excluding hydrogens is 1150 g/mol. The van der Waals surface area contributed by atoms with E-state index < -0.39 is 18.4 Å². The lowest BCUT2D eigenvalue weighted by atomic mass is 10.0. The van der Waals surface area contributed by atoms with E-state index in [9.17, 15) is 19.5 Å². The summed E-state index contributed by atoms with van der Waals surface area (Å²) in [4.78, 5) is 37.7. The number of carboxylic acids is 1. The molecule has 2 unspecified atom stereocenters. The van der Waals surface area contributed by atoms with Gasteiger partial charge in [-0.15, -0.1) is 0 Å². The second kappa shape index (κ2) is 74.5. The first kappa shape index (κ1) is 89.7. The number of aliphatic carboxylic acids is 1. The van der Waals surface area contributed by atoms with E-state index >= 15 is 0 Å². The minimum atomic E-state index is -1.51. The molecule has 0 aliphatic rings. The van der Waals surface area contributed by atoms with E-state index in [0.29, 0.717) is 17.4 Å². The molecule has 0 bridgehead atoms. The molecule has 0 spiro atoms. The number of ether oxygens (including phenoxy) is 4. The Morgan fingerprint density at radius 3 is 0.914 bits per heavy atom. The van der Waals surface area contributed by atoms with Gasteiger partial charge in [-0.1, -0.05) is 382 Å². The first-order valence-electron chi connectivity index (χ1n) is 40.1. The second-order valence-electron chi connectivity index (χ2n) is 28.4. The summed E-state index contributed by atoms with van der Waals surface area (Å²) in [7, 11) is 6.00. The lowest BCUT2D eigenvalue weighted by molar-refractivity contribution is -0.870. The Hall–Kier alpha value is -3.27.